The van der Waals surface area contributed by atoms with E-state index in [1.165, 1.54) is 10.1 Å². The molecule has 2 nitrogen and oxygen atoms in total. The molecule has 0 radical (unpaired) electrons. The second-order valence-corrected chi connectivity index (χ2v) is 5.38. The van der Waals surface area contributed by atoms with Crippen LogP contribution < -0.4 is 0 Å². The van der Waals surface area contributed by atoms with E-state index >= 15 is 0 Å². The number of thiophene rings is 1. The summed E-state index contributed by atoms with van der Waals surface area (Å²) in [6.07, 6.45) is 0.595. The van der Waals surface area contributed by atoms with Crippen LogP contribution in [0.15, 0.2) is 42.5 Å². The minimum absolute atomic E-state index is 0.174. The van der Waals surface area contributed by atoms with Crippen LogP contribution in [0.25, 0.3) is 10.1 Å². The molecule has 0 N–H and O–H groups in total. The lowest BCUT2D eigenvalue weighted by Crippen LogP contribution is -2.10. The van der Waals surface area contributed by atoms with Gasteiger partial charge in [-0.2, -0.15) is 0 Å². The Morgan fingerprint density at radius 2 is 2.17 bits per heavy atom. The molecule has 0 saturated heterocycles. The maximum absolute atomic E-state index is 11.6. The zero-order chi connectivity index (χ0) is 13.1. The molecule has 0 fully saturated rings. The smallest absolute Gasteiger partial charge is 0.333 e. The normalized spacial score (nSPS) is 12.3. The largest absolute Gasteiger partial charge is 0.453 e. The van der Waals surface area contributed by atoms with E-state index < -0.39 is 0 Å². The van der Waals surface area contributed by atoms with E-state index in [-0.39, 0.29) is 12.1 Å². The van der Waals surface area contributed by atoms with Gasteiger partial charge in [-0.1, -0.05) is 31.7 Å². The van der Waals surface area contributed by atoms with Gasteiger partial charge in [0.15, 0.2) is 0 Å². The monoisotopic (exact) mass is 260 g/mol. The Morgan fingerprint density at radius 1 is 1.44 bits per heavy atom. The Balaban J connectivity index is 2.26. The van der Waals surface area contributed by atoms with Crippen molar-refractivity contribution in [3.05, 3.63) is 47.4 Å². The van der Waals surface area contributed by atoms with Crippen LogP contribution in [0.1, 0.15) is 31.2 Å². The zero-order valence-electron chi connectivity index (χ0n) is 10.6. The SMILES string of the molecule is C=C(C)C(=O)OC(CC)c1cc2ccccc2s1. The van der Waals surface area contributed by atoms with Crippen molar-refractivity contribution in [2.75, 3.05) is 0 Å². The third kappa shape index (κ3) is 2.62. The van der Waals surface area contributed by atoms with Crippen LogP contribution in [0.4, 0.5) is 0 Å². The maximum Gasteiger partial charge on any atom is 0.333 e. The van der Waals surface area contributed by atoms with E-state index in [1.54, 1.807) is 18.3 Å². The molecule has 0 saturated carbocycles. The summed E-state index contributed by atoms with van der Waals surface area (Å²) in [5.74, 6) is -0.320. The number of carbonyl (C=O) groups excluding carboxylic acids is 1. The second kappa shape index (κ2) is 5.36. The molecule has 1 aromatic carbocycles. The molecule has 1 heterocycles. The molecule has 2 aromatic rings. The molecule has 2 rings (SSSR count). The Bertz CT molecular complexity index is 550. The summed E-state index contributed by atoms with van der Waals surface area (Å²) in [5.41, 5.74) is 0.439. The summed E-state index contributed by atoms with van der Waals surface area (Å²) in [5, 5.41) is 1.20. The quantitative estimate of drug-likeness (QED) is 0.599. The molecule has 0 aliphatic carbocycles. The standard InChI is InChI=1S/C15H16O2S/c1-4-12(17-15(16)10(2)3)14-9-11-7-5-6-8-13(11)18-14/h5-9,12H,2,4H2,1,3H3. The van der Waals surface area contributed by atoms with E-state index in [4.69, 9.17) is 4.74 Å². The van der Waals surface area contributed by atoms with E-state index in [0.29, 0.717) is 5.57 Å². The van der Waals surface area contributed by atoms with Gasteiger partial charge in [0.1, 0.15) is 6.10 Å². The van der Waals surface area contributed by atoms with Crippen LogP contribution in [0.2, 0.25) is 0 Å². The van der Waals surface area contributed by atoms with Crippen LogP contribution in [0.5, 0.6) is 0 Å². The lowest BCUT2D eigenvalue weighted by molar-refractivity contribution is -0.144. The Labute approximate surface area is 111 Å². The van der Waals surface area contributed by atoms with Gasteiger partial charge in [0.05, 0.1) is 0 Å². The second-order valence-electron chi connectivity index (χ2n) is 4.27. The number of carbonyl (C=O) groups is 1. The van der Waals surface area contributed by atoms with Crippen molar-refractivity contribution in [3.63, 3.8) is 0 Å². The number of esters is 1. The van der Waals surface area contributed by atoms with Gasteiger partial charge in [-0.25, -0.2) is 4.79 Å². The Morgan fingerprint density at radius 3 is 2.78 bits per heavy atom. The molecule has 1 aromatic heterocycles. The van der Waals surface area contributed by atoms with Crippen LogP contribution >= 0.6 is 11.3 Å². The van der Waals surface area contributed by atoms with Crippen molar-refractivity contribution in [2.24, 2.45) is 0 Å². The molecule has 0 bridgehead atoms. The highest BCUT2D eigenvalue weighted by atomic mass is 32.1. The first-order chi connectivity index (χ1) is 8.61. The fourth-order valence-corrected chi connectivity index (χ4v) is 2.91. The molecule has 0 aliphatic rings. The number of fused-ring (bicyclic) bond motifs is 1. The molecular weight excluding hydrogens is 244 g/mol. The average molecular weight is 260 g/mol. The summed E-state index contributed by atoms with van der Waals surface area (Å²) in [7, 11) is 0. The highest BCUT2D eigenvalue weighted by Gasteiger charge is 2.17. The number of rotatable bonds is 4. The van der Waals surface area contributed by atoms with Crippen molar-refractivity contribution >= 4 is 27.4 Å². The first kappa shape index (κ1) is 12.8. The highest BCUT2D eigenvalue weighted by Crippen LogP contribution is 2.33. The van der Waals surface area contributed by atoms with Gasteiger partial charge < -0.3 is 4.74 Å². The van der Waals surface area contributed by atoms with Gasteiger partial charge in [0.2, 0.25) is 0 Å². The lowest BCUT2D eigenvalue weighted by atomic mass is 10.2. The third-order valence-corrected chi connectivity index (χ3v) is 3.94. The summed E-state index contributed by atoms with van der Waals surface area (Å²) in [4.78, 5) is 12.7. The van der Waals surface area contributed by atoms with Gasteiger partial charge in [-0.3, -0.25) is 0 Å². The highest BCUT2D eigenvalue weighted by molar-refractivity contribution is 7.19. The molecule has 0 spiro atoms. The van der Waals surface area contributed by atoms with Crippen LogP contribution in [0, 0.1) is 0 Å². The van der Waals surface area contributed by atoms with Gasteiger partial charge in [-0.15, -0.1) is 11.3 Å². The number of hydrogen-bond acceptors (Lipinski definition) is 3. The predicted molar refractivity (Wildman–Crippen MR) is 75.8 cm³/mol. The van der Waals surface area contributed by atoms with Gasteiger partial charge >= 0.3 is 5.97 Å². The molecule has 94 valence electrons. The molecular formula is C15H16O2S. The van der Waals surface area contributed by atoms with Gasteiger partial charge in [0, 0.05) is 15.2 Å². The average Bonchev–Trinajstić information content (AvgIpc) is 2.78. The molecule has 0 amide bonds. The molecule has 0 aliphatic heterocycles. The fourth-order valence-electron chi connectivity index (χ4n) is 1.73. The van der Waals surface area contributed by atoms with Gasteiger partial charge in [0.25, 0.3) is 0 Å². The number of hydrogen-bond donors (Lipinski definition) is 0. The zero-order valence-corrected chi connectivity index (χ0v) is 11.4. The minimum atomic E-state index is -0.320. The molecule has 18 heavy (non-hydrogen) atoms. The summed E-state index contributed by atoms with van der Waals surface area (Å²) < 4.78 is 6.67. The van der Waals surface area contributed by atoms with E-state index in [9.17, 15) is 4.79 Å². The molecule has 3 heteroatoms. The van der Waals surface area contributed by atoms with Gasteiger partial charge in [-0.05, 0) is 30.9 Å². The molecule has 1 atom stereocenters. The fraction of sp³-hybridized carbons (Fsp3) is 0.267. The van der Waals surface area contributed by atoms with E-state index in [1.807, 2.05) is 19.1 Å². The van der Waals surface area contributed by atoms with Crippen molar-refractivity contribution in [1.29, 1.82) is 0 Å². The van der Waals surface area contributed by atoms with Crippen molar-refractivity contribution < 1.29 is 9.53 Å². The third-order valence-electron chi connectivity index (χ3n) is 2.73. The Kier molecular flexibility index (Phi) is 3.82. The van der Waals surface area contributed by atoms with E-state index in [0.717, 1.165) is 11.3 Å². The van der Waals surface area contributed by atoms with Crippen LogP contribution in [-0.2, 0) is 9.53 Å². The van der Waals surface area contributed by atoms with E-state index in [2.05, 4.69) is 24.8 Å². The summed E-state index contributed by atoms with van der Waals surface area (Å²) in [6.45, 7) is 7.29. The van der Waals surface area contributed by atoms with Crippen molar-refractivity contribution in [2.45, 2.75) is 26.4 Å². The van der Waals surface area contributed by atoms with Crippen LogP contribution in [-0.4, -0.2) is 5.97 Å². The summed E-state index contributed by atoms with van der Waals surface area (Å²) in [6, 6.07) is 10.3. The predicted octanol–water partition coefficient (Wildman–Crippen LogP) is 4.47. The first-order valence-electron chi connectivity index (χ1n) is 5.96. The topological polar surface area (TPSA) is 26.3 Å². The first-order valence-corrected chi connectivity index (χ1v) is 6.78. The number of benzene rings is 1. The van der Waals surface area contributed by atoms with Crippen molar-refractivity contribution in [3.8, 4) is 0 Å². The molecule has 1 unspecified atom stereocenters. The lowest BCUT2D eigenvalue weighted by Gasteiger charge is -2.14. The number of ether oxygens (including phenoxy) is 1. The maximum atomic E-state index is 11.6. The summed E-state index contributed by atoms with van der Waals surface area (Å²) >= 11 is 1.68. The Hall–Kier alpha value is -1.61. The minimum Gasteiger partial charge on any atom is -0.453 e. The van der Waals surface area contributed by atoms with Crippen LogP contribution in [0.3, 0.4) is 0 Å². The van der Waals surface area contributed by atoms with Crippen molar-refractivity contribution in [1.82, 2.24) is 0 Å².